The third-order valence-corrected chi connectivity index (χ3v) is 6.07. The third kappa shape index (κ3) is 4.96. The maximum Gasteiger partial charge on any atom is 0.261 e. The van der Waals surface area contributed by atoms with Crippen molar-refractivity contribution in [3.05, 3.63) is 80.7 Å². The Morgan fingerprint density at radius 2 is 1.91 bits per heavy atom. The van der Waals surface area contributed by atoms with Crippen molar-refractivity contribution < 1.29 is 9.59 Å². The van der Waals surface area contributed by atoms with Crippen molar-refractivity contribution in [3.63, 3.8) is 0 Å². The largest absolute Gasteiger partial charge is 0.338 e. The van der Waals surface area contributed by atoms with Gasteiger partial charge in [0.2, 0.25) is 5.91 Å². The quantitative estimate of drug-likeness (QED) is 0.572. The molecule has 2 aromatic heterocycles. The van der Waals surface area contributed by atoms with E-state index in [9.17, 15) is 14.4 Å². The number of rotatable bonds is 4. The number of halogens is 1. The van der Waals surface area contributed by atoms with Crippen LogP contribution in [0, 0.1) is 12.8 Å². The van der Waals surface area contributed by atoms with E-state index in [0.717, 1.165) is 15.6 Å². The van der Waals surface area contributed by atoms with E-state index in [-0.39, 0.29) is 23.3 Å². The molecule has 32 heavy (non-hydrogen) atoms. The molecule has 1 aliphatic heterocycles. The average Bonchev–Trinajstić information content (AvgIpc) is 2.80. The van der Waals surface area contributed by atoms with Gasteiger partial charge in [0.1, 0.15) is 11.4 Å². The van der Waals surface area contributed by atoms with E-state index in [1.54, 1.807) is 29.3 Å². The lowest BCUT2D eigenvalue weighted by molar-refractivity contribution is -0.121. The van der Waals surface area contributed by atoms with Gasteiger partial charge in [-0.2, -0.15) is 0 Å². The molecule has 4 rings (SSSR count). The standard InChI is InChI=1S/C24H23BrN4O3/c1-15-3-2-4-17(13-15)20-7-6-19(23(31)27-20)24(32)29-11-9-16(10-12-29)22(30)28-21-8-5-18(25)14-26-21/h2-8,13-14,16H,9-12H2,1H3,(H,27,31)(H,26,28,30). The number of benzene rings is 1. The summed E-state index contributed by atoms with van der Waals surface area (Å²) in [7, 11) is 0. The number of carbonyl (C=O) groups is 2. The van der Waals surface area contributed by atoms with Gasteiger partial charge in [0.25, 0.3) is 11.5 Å². The predicted octanol–water partition coefficient (Wildman–Crippen LogP) is 4.00. The molecule has 0 atom stereocenters. The molecule has 3 aromatic rings. The molecule has 0 aliphatic carbocycles. The molecular formula is C24H23BrN4O3. The van der Waals surface area contributed by atoms with Crippen molar-refractivity contribution in [2.75, 3.05) is 18.4 Å². The van der Waals surface area contributed by atoms with Crippen molar-refractivity contribution in [3.8, 4) is 11.3 Å². The number of aromatic nitrogens is 2. The lowest BCUT2D eigenvalue weighted by Crippen LogP contribution is -2.43. The number of carbonyl (C=O) groups excluding carboxylic acids is 2. The van der Waals surface area contributed by atoms with E-state index in [4.69, 9.17) is 0 Å². The van der Waals surface area contributed by atoms with Crippen LogP contribution in [-0.2, 0) is 4.79 Å². The number of nitrogens with zero attached hydrogens (tertiary/aromatic N) is 2. The number of hydrogen-bond donors (Lipinski definition) is 2. The summed E-state index contributed by atoms with van der Waals surface area (Å²) in [4.78, 5) is 46.7. The SMILES string of the molecule is Cc1cccc(-c2ccc(C(=O)N3CCC(C(=O)Nc4ccc(Br)cn4)CC3)c(=O)[nH]2)c1. The van der Waals surface area contributed by atoms with Crippen molar-refractivity contribution in [2.45, 2.75) is 19.8 Å². The second kappa shape index (κ2) is 9.48. The van der Waals surface area contributed by atoms with Gasteiger partial charge in [-0.1, -0.05) is 23.8 Å². The van der Waals surface area contributed by atoms with Crippen LogP contribution >= 0.6 is 15.9 Å². The molecule has 2 N–H and O–H groups in total. The molecule has 3 heterocycles. The van der Waals surface area contributed by atoms with E-state index in [1.165, 1.54) is 0 Å². The van der Waals surface area contributed by atoms with Gasteiger partial charge in [-0.05, 0) is 71.6 Å². The highest BCUT2D eigenvalue weighted by Gasteiger charge is 2.29. The maximum atomic E-state index is 12.9. The molecular weight excluding hydrogens is 472 g/mol. The maximum absolute atomic E-state index is 12.9. The van der Waals surface area contributed by atoms with Gasteiger partial charge in [-0.3, -0.25) is 14.4 Å². The Morgan fingerprint density at radius 3 is 2.56 bits per heavy atom. The van der Waals surface area contributed by atoms with Crippen LogP contribution in [0.3, 0.4) is 0 Å². The zero-order valence-corrected chi connectivity index (χ0v) is 19.2. The normalized spacial score (nSPS) is 14.2. The topological polar surface area (TPSA) is 95.2 Å². The van der Waals surface area contributed by atoms with Crippen molar-refractivity contribution in [1.29, 1.82) is 0 Å². The number of nitrogens with one attached hydrogen (secondary N) is 2. The summed E-state index contributed by atoms with van der Waals surface area (Å²) in [6, 6.07) is 14.7. The molecule has 0 spiro atoms. The minimum atomic E-state index is -0.407. The second-order valence-corrected chi connectivity index (χ2v) is 8.82. The molecule has 1 fully saturated rings. The zero-order valence-electron chi connectivity index (χ0n) is 17.6. The summed E-state index contributed by atoms with van der Waals surface area (Å²) >= 11 is 3.31. The van der Waals surface area contributed by atoms with Crippen LogP contribution in [0.25, 0.3) is 11.3 Å². The Bertz CT molecular complexity index is 1200. The first-order valence-electron chi connectivity index (χ1n) is 10.4. The highest BCUT2D eigenvalue weighted by Crippen LogP contribution is 2.22. The van der Waals surface area contributed by atoms with Gasteiger partial charge in [0.05, 0.1) is 0 Å². The van der Waals surface area contributed by atoms with Crippen molar-refractivity contribution in [1.82, 2.24) is 14.9 Å². The first-order valence-corrected chi connectivity index (χ1v) is 11.2. The number of likely N-dealkylation sites (tertiary alicyclic amines) is 1. The van der Waals surface area contributed by atoms with Crippen LogP contribution < -0.4 is 10.9 Å². The summed E-state index contributed by atoms with van der Waals surface area (Å²) in [5, 5.41) is 2.82. The smallest absolute Gasteiger partial charge is 0.261 e. The van der Waals surface area contributed by atoms with Crippen molar-refractivity contribution >= 4 is 33.6 Å². The highest BCUT2D eigenvalue weighted by molar-refractivity contribution is 9.10. The van der Waals surface area contributed by atoms with Crippen molar-refractivity contribution in [2.24, 2.45) is 5.92 Å². The van der Waals surface area contributed by atoms with Gasteiger partial charge in [0, 0.05) is 35.4 Å². The molecule has 0 unspecified atom stereocenters. The van der Waals surface area contributed by atoms with Gasteiger partial charge in [-0.25, -0.2) is 4.98 Å². The van der Waals surface area contributed by atoms with Gasteiger partial charge in [0.15, 0.2) is 0 Å². The third-order valence-electron chi connectivity index (χ3n) is 5.60. The minimum absolute atomic E-state index is 0.104. The summed E-state index contributed by atoms with van der Waals surface area (Å²) in [5.41, 5.74) is 2.37. The molecule has 0 radical (unpaired) electrons. The number of piperidine rings is 1. The number of hydrogen-bond acceptors (Lipinski definition) is 4. The minimum Gasteiger partial charge on any atom is -0.338 e. The summed E-state index contributed by atoms with van der Waals surface area (Å²) < 4.78 is 0.837. The Labute approximate surface area is 194 Å². The Morgan fingerprint density at radius 1 is 1.12 bits per heavy atom. The number of pyridine rings is 2. The summed E-state index contributed by atoms with van der Waals surface area (Å²) in [6.07, 6.45) is 2.69. The van der Waals surface area contributed by atoms with Gasteiger partial charge in [-0.15, -0.1) is 0 Å². The number of amides is 2. The Hall–Kier alpha value is -3.26. The molecule has 0 bridgehead atoms. The molecule has 0 saturated carbocycles. The Balaban J connectivity index is 1.38. The van der Waals surface area contributed by atoms with Crippen LogP contribution in [0.1, 0.15) is 28.8 Å². The van der Waals surface area contributed by atoms with Crippen LogP contribution in [0.5, 0.6) is 0 Å². The highest BCUT2D eigenvalue weighted by atomic mass is 79.9. The van der Waals surface area contributed by atoms with Crippen LogP contribution in [-0.4, -0.2) is 39.8 Å². The zero-order chi connectivity index (χ0) is 22.7. The first kappa shape index (κ1) is 22.0. The van der Waals surface area contributed by atoms with Crippen LogP contribution in [0.4, 0.5) is 5.82 Å². The van der Waals surface area contributed by atoms with E-state index in [1.807, 2.05) is 37.3 Å². The van der Waals surface area contributed by atoms with Gasteiger partial charge >= 0.3 is 0 Å². The molecule has 1 aliphatic rings. The average molecular weight is 495 g/mol. The van der Waals surface area contributed by atoms with Gasteiger partial charge < -0.3 is 15.2 Å². The summed E-state index contributed by atoms with van der Waals surface area (Å²) in [5.74, 6) is -0.119. The van der Waals surface area contributed by atoms with Crippen LogP contribution in [0.2, 0.25) is 0 Å². The predicted molar refractivity (Wildman–Crippen MR) is 126 cm³/mol. The van der Waals surface area contributed by atoms with E-state index >= 15 is 0 Å². The van der Waals surface area contributed by atoms with E-state index < -0.39 is 5.56 Å². The van der Waals surface area contributed by atoms with E-state index in [0.29, 0.717) is 37.4 Å². The number of aryl methyl sites for hydroxylation is 1. The first-order chi connectivity index (χ1) is 15.4. The lowest BCUT2D eigenvalue weighted by atomic mass is 9.95. The number of aromatic amines is 1. The lowest BCUT2D eigenvalue weighted by Gasteiger charge is -2.31. The second-order valence-electron chi connectivity index (χ2n) is 7.90. The molecule has 164 valence electrons. The summed E-state index contributed by atoms with van der Waals surface area (Å²) in [6.45, 7) is 2.83. The molecule has 7 nitrogen and oxygen atoms in total. The fourth-order valence-corrected chi connectivity index (χ4v) is 4.05. The fraction of sp³-hybridized carbons (Fsp3) is 0.250. The fourth-order valence-electron chi connectivity index (χ4n) is 3.82. The number of anilines is 1. The van der Waals surface area contributed by atoms with E-state index in [2.05, 4.69) is 31.2 Å². The Kier molecular flexibility index (Phi) is 6.50. The molecule has 1 aromatic carbocycles. The molecule has 8 heteroatoms. The number of H-pyrrole nitrogens is 1. The van der Waals surface area contributed by atoms with Crippen LogP contribution in [0.15, 0.2) is 64.0 Å². The monoisotopic (exact) mass is 494 g/mol. The molecule has 2 amide bonds. The molecule has 1 saturated heterocycles.